The predicted octanol–water partition coefficient (Wildman–Crippen LogP) is 3.17. The van der Waals surface area contributed by atoms with Gasteiger partial charge >= 0.3 is 0 Å². The van der Waals surface area contributed by atoms with Crippen molar-refractivity contribution in [1.82, 2.24) is 14.9 Å². The molecule has 0 spiro atoms. The average Bonchev–Trinajstić information content (AvgIpc) is 3.02. The Kier molecular flexibility index (Phi) is 4.14. The molecule has 3 saturated carbocycles. The largest absolute Gasteiger partial charge is 0.303 e. The molecule has 6 nitrogen and oxygen atoms in total. The summed E-state index contributed by atoms with van der Waals surface area (Å²) in [5.41, 5.74) is 2.17. The molecule has 0 N–H and O–H groups in total. The van der Waals surface area contributed by atoms with E-state index in [1.165, 1.54) is 10.6 Å². The number of hydrogen-bond donors (Lipinski definition) is 0. The topological polar surface area (TPSA) is 60.9 Å². The smallest absolute Gasteiger partial charge is 0.273 e. The van der Waals surface area contributed by atoms with Gasteiger partial charge in [-0.1, -0.05) is 12.1 Å². The van der Waals surface area contributed by atoms with E-state index in [0.717, 1.165) is 62.3 Å². The third-order valence-corrected chi connectivity index (χ3v) is 8.10. The van der Waals surface area contributed by atoms with Gasteiger partial charge in [-0.05, 0) is 80.1 Å². The molecule has 5 fully saturated rings. The Bertz CT molecular complexity index is 949. The molecular formula is C24H28FN3O3. The Morgan fingerprint density at radius 2 is 1.68 bits per heavy atom. The second-order valence-corrected chi connectivity index (χ2v) is 10.5. The molecule has 3 heterocycles. The Balaban J connectivity index is 1.11. The first kappa shape index (κ1) is 19.4. The number of fused-ring (bicyclic) bond motifs is 1. The van der Waals surface area contributed by atoms with E-state index >= 15 is 0 Å². The van der Waals surface area contributed by atoms with E-state index in [2.05, 4.69) is 11.0 Å². The lowest BCUT2D eigenvalue weighted by Crippen LogP contribution is -2.68. The number of likely N-dealkylation sites (tertiary alicyclic amines) is 1. The van der Waals surface area contributed by atoms with Crippen LogP contribution < -0.4 is 0 Å². The molecule has 0 radical (unpaired) electrons. The van der Waals surface area contributed by atoms with E-state index in [1.54, 1.807) is 0 Å². The van der Waals surface area contributed by atoms with E-state index in [-0.39, 0.29) is 29.7 Å². The van der Waals surface area contributed by atoms with E-state index in [4.69, 9.17) is 0 Å². The highest BCUT2D eigenvalue weighted by molar-refractivity contribution is 6.04. The van der Waals surface area contributed by atoms with E-state index in [1.807, 2.05) is 12.1 Å². The van der Waals surface area contributed by atoms with Crippen LogP contribution in [-0.2, 0) is 16.1 Å². The summed E-state index contributed by atoms with van der Waals surface area (Å²) < 4.78 is 13.8. The molecule has 31 heavy (non-hydrogen) atoms. The first-order valence-electron chi connectivity index (χ1n) is 11.6. The van der Waals surface area contributed by atoms with Crippen LogP contribution in [0, 0.1) is 5.41 Å². The van der Waals surface area contributed by atoms with Crippen LogP contribution in [0.15, 0.2) is 18.2 Å². The van der Waals surface area contributed by atoms with Gasteiger partial charge in [-0.2, -0.15) is 5.01 Å². The first-order valence-corrected chi connectivity index (χ1v) is 11.6. The molecule has 0 atom stereocenters. The second-order valence-electron chi connectivity index (χ2n) is 10.5. The van der Waals surface area contributed by atoms with Gasteiger partial charge in [0.1, 0.15) is 5.67 Å². The molecule has 1 aromatic carbocycles. The number of piperidine rings is 2. The van der Waals surface area contributed by atoms with Crippen LogP contribution in [0.2, 0.25) is 0 Å². The molecule has 0 aromatic heterocycles. The van der Waals surface area contributed by atoms with Crippen LogP contribution in [0.5, 0.6) is 0 Å². The minimum absolute atomic E-state index is 0.260. The van der Waals surface area contributed by atoms with Crippen molar-refractivity contribution in [3.63, 3.8) is 0 Å². The van der Waals surface area contributed by atoms with Crippen molar-refractivity contribution in [3.05, 3.63) is 34.9 Å². The first-order chi connectivity index (χ1) is 14.8. The molecule has 164 valence electrons. The molecule has 3 aliphatic carbocycles. The lowest BCUT2D eigenvalue weighted by atomic mass is 9.42. The van der Waals surface area contributed by atoms with E-state index in [9.17, 15) is 18.8 Å². The van der Waals surface area contributed by atoms with Crippen molar-refractivity contribution < 1.29 is 18.8 Å². The summed E-state index contributed by atoms with van der Waals surface area (Å²) in [6.07, 6.45) is 5.59. The number of alkyl halides is 1. The van der Waals surface area contributed by atoms with Gasteiger partial charge in [0, 0.05) is 24.9 Å². The van der Waals surface area contributed by atoms with Crippen molar-refractivity contribution >= 4 is 17.7 Å². The third-order valence-electron chi connectivity index (χ3n) is 8.10. The van der Waals surface area contributed by atoms with Crippen LogP contribution >= 0.6 is 0 Å². The minimum atomic E-state index is -0.822. The maximum absolute atomic E-state index is 13.8. The average molecular weight is 426 g/mol. The highest BCUT2D eigenvalue weighted by Gasteiger charge is 2.69. The molecule has 2 saturated heterocycles. The van der Waals surface area contributed by atoms with Crippen LogP contribution in [0.4, 0.5) is 4.39 Å². The van der Waals surface area contributed by atoms with E-state index < -0.39 is 5.67 Å². The summed E-state index contributed by atoms with van der Waals surface area (Å²) in [6.45, 7) is 3.39. The van der Waals surface area contributed by atoms with Crippen molar-refractivity contribution in [2.24, 2.45) is 5.41 Å². The van der Waals surface area contributed by atoms with Crippen LogP contribution in [0.1, 0.15) is 78.8 Å². The third kappa shape index (κ3) is 3.04. The Hall–Kier alpha value is -2.28. The number of hydrazine groups is 1. The summed E-state index contributed by atoms with van der Waals surface area (Å²) in [7, 11) is 0. The molecule has 6 aliphatic rings. The summed E-state index contributed by atoms with van der Waals surface area (Å²) in [6, 6.07) is 6.00. The van der Waals surface area contributed by atoms with Gasteiger partial charge in [0.2, 0.25) is 11.8 Å². The van der Waals surface area contributed by atoms with E-state index in [0.29, 0.717) is 30.7 Å². The molecule has 7 rings (SSSR count). The predicted molar refractivity (Wildman–Crippen MR) is 111 cm³/mol. The number of amides is 3. The minimum Gasteiger partial charge on any atom is -0.303 e. The Morgan fingerprint density at radius 3 is 2.32 bits per heavy atom. The van der Waals surface area contributed by atoms with Crippen LogP contribution in [-0.4, -0.2) is 57.9 Å². The van der Waals surface area contributed by atoms with Crippen LogP contribution in [0.3, 0.4) is 0 Å². The van der Waals surface area contributed by atoms with Gasteiger partial charge < -0.3 is 4.90 Å². The zero-order chi connectivity index (χ0) is 21.4. The molecule has 2 bridgehead atoms. The number of nitrogens with zero attached hydrogens (tertiary/aromatic N) is 3. The SMILES string of the molecule is O=C1c2ccc(C3CCN(CC45CC(F)(C4)C5)CC3)cc2CN1N1C(=O)CCCC1=O. The van der Waals surface area contributed by atoms with Crippen LogP contribution in [0.25, 0.3) is 0 Å². The van der Waals surface area contributed by atoms with Gasteiger partial charge in [-0.25, -0.2) is 9.40 Å². The van der Waals surface area contributed by atoms with Gasteiger partial charge in [0.15, 0.2) is 0 Å². The van der Waals surface area contributed by atoms with Gasteiger partial charge in [0.05, 0.1) is 6.54 Å². The monoisotopic (exact) mass is 425 g/mol. The fourth-order valence-corrected chi connectivity index (χ4v) is 6.68. The number of halogens is 1. The molecule has 3 amide bonds. The number of benzene rings is 1. The molecule has 3 aliphatic heterocycles. The highest BCUT2D eigenvalue weighted by atomic mass is 19.1. The Morgan fingerprint density at radius 1 is 1.00 bits per heavy atom. The summed E-state index contributed by atoms with van der Waals surface area (Å²) in [5.74, 6) is -0.381. The van der Waals surface area contributed by atoms with Gasteiger partial charge in [-0.15, -0.1) is 0 Å². The zero-order valence-corrected chi connectivity index (χ0v) is 17.7. The van der Waals surface area contributed by atoms with Gasteiger partial charge in [0.25, 0.3) is 5.91 Å². The molecule has 1 aromatic rings. The maximum atomic E-state index is 13.8. The summed E-state index contributed by atoms with van der Waals surface area (Å²) in [4.78, 5) is 39.9. The number of carbonyl (C=O) groups is 3. The van der Waals surface area contributed by atoms with Crippen molar-refractivity contribution in [1.29, 1.82) is 0 Å². The molecule has 7 heteroatoms. The number of hydrogen-bond acceptors (Lipinski definition) is 4. The van der Waals surface area contributed by atoms with Crippen molar-refractivity contribution in [2.75, 3.05) is 19.6 Å². The summed E-state index contributed by atoms with van der Waals surface area (Å²) >= 11 is 0. The standard InChI is InChI=1S/C24H28FN3O3/c25-24-12-23(13-24,14-24)15-26-8-6-16(7-9-26)17-4-5-19-18(10-17)11-27(22(19)31)28-20(29)2-1-3-21(28)30/h4-5,10,16H,1-3,6-9,11-15H2. The lowest BCUT2D eigenvalue weighted by Gasteiger charge is -2.67. The quantitative estimate of drug-likeness (QED) is 0.696. The highest BCUT2D eigenvalue weighted by Crippen LogP contribution is 2.69. The zero-order valence-electron chi connectivity index (χ0n) is 17.7. The fraction of sp³-hybridized carbons (Fsp3) is 0.625. The maximum Gasteiger partial charge on any atom is 0.273 e. The second kappa shape index (κ2) is 6.61. The van der Waals surface area contributed by atoms with Crippen molar-refractivity contribution in [3.8, 4) is 0 Å². The lowest BCUT2D eigenvalue weighted by molar-refractivity contribution is -0.222. The van der Waals surface area contributed by atoms with Crippen molar-refractivity contribution in [2.45, 2.75) is 69.5 Å². The Labute approximate surface area is 181 Å². The number of carbonyl (C=O) groups excluding carboxylic acids is 3. The fourth-order valence-electron chi connectivity index (χ4n) is 6.68. The molecular weight excluding hydrogens is 397 g/mol. The molecule has 0 unspecified atom stereocenters. The normalized spacial score (nSPS) is 33.4. The number of imide groups is 1. The van der Waals surface area contributed by atoms with Gasteiger partial charge in [-0.3, -0.25) is 14.4 Å². The summed E-state index contributed by atoms with van der Waals surface area (Å²) in [5, 5.41) is 2.39. The number of rotatable bonds is 4.